The second kappa shape index (κ2) is 6.42. The highest BCUT2D eigenvalue weighted by atomic mass is 79.9. The fraction of sp³-hybridized carbons (Fsp3) is 0.455. The zero-order valence-corrected chi connectivity index (χ0v) is 14.3. The van der Waals surface area contributed by atoms with E-state index in [1.165, 1.54) is 0 Å². The van der Waals surface area contributed by atoms with E-state index < -0.39 is 60.3 Å². The number of alkyl halides is 12. The first kappa shape index (κ1) is 23.8. The first-order valence-corrected chi connectivity index (χ1v) is 8.21. The Hall–Kier alpha value is -1.19. The fourth-order valence-corrected chi connectivity index (χ4v) is 3.24. The van der Waals surface area contributed by atoms with Crippen molar-refractivity contribution in [2.45, 2.75) is 34.3 Å². The van der Waals surface area contributed by atoms with Crippen LogP contribution in [0.1, 0.15) is 5.56 Å². The largest absolute Gasteiger partial charge is 0.501 e. The van der Waals surface area contributed by atoms with E-state index in [-0.39, 0.29) is 12.1 Å². The smallest absolute Gasteiger partial charge is 0.221 e. The molecule has 0 aliphatic carbocycles. The minimum absolute atomic E-state index is 0.0468. The van der Waals surface area contributed by atoms with E-state index in [0.29, 0.717) is 0 Å². The van der Waals surface area contributed by atoms with Crippen LogP contribution in [0.25, 0.3) is 0 Å². The lowest BCUT2D eigenvalue weighted by molar-refractivity contribution is -0.389. The van der Waals surface area contributed by atoms with Crippen LogP contribution in [-0.2, 0) is 15.5 Å². The van der Waals surface area contributed by atoms with Crippen LogP contribution < -0.4 is 0 Å². The summed E-state index contributed by atoms with van der Waals surface area (Å²) in [5, 5.41) is 0. The van der Waals surface area contributed by atoms with Crippen LogP contribution in [0.5, 0.6) is 0 Å². The lowest BCUT2D eigenvalue weighted by Crippen LogP contribution is -2.59. The summed E-state index contributed by atoms with van der Waals surface area (Å²) < 4.78 is 175. The highest BCUT2D eigenvalue weighted by molar-refractivity contribution is 9.10. The second-order valence-corrected chi connectivity index (χ2v) is 7.71. The lowest BCUT2D eigenvalue weighted by atomic mass is 9.88. The first-order valence-electron chi connectivity index (χ1n) is 5.93. The third-order valence-electron chi connectivity index (χ3n) is 3.06. The molecule has 0 fully saturated rings. The van der Waals surface area contributed by atoms with Gasteiger partial charge in [0, 0.05) is 10.0 Å². The van der Waals surface area contributed by atoms with E-state index in [4.69, 9.17) is 0 Å². The molecule has 1 rings (SSSR count). The van der Waals surface area contributed by atoms with Gasteiger partial charge in [0.25, 0.3) is 9.84 Å². The summed E-state index contributed by atoms with van der Waals surface area (Å²) in [6, 6.07) is -1.28. The van der Waals surface area contributed by atoms with Crippen LogP contribution in [-0.4, -0.2) is 32.2 Å². The number of benzene rings is 1. The van der Waals surface area contributed by atoms with Gasteiger partial charge in [0.1, 0.15) is 0 Å². The molecule has 16 heteroatoms. The highest BCUT2D eigenvalue weighted by Gasteiger charge is 2.81. The van der Waals surface area contributed by atoms with Crippen LogP contribution in [0.15, 0.2) is 27.6 Å². The van der Waals surface area contributed by atoms with Crippen LogP contribution >= 0.6 is 15.9 Å². The Morgan fingerprint density at radius 2 is 1.15 bits per heavy atom. The molecule has 0 heterocycles. The van der Waals surface area contributed by atoms with Gasteiger partial charge in [0.15, 0.2) is 0 Å². The van der Waals surface area contributed by atoms with Gasteiger partial charge in [-0.05, 0) is 18.2 Å². The zero-order valence-electron chi connectivity index (χ0n) is 11.9. The zero-order chi connectivity index (χ0) is 21.9. The first-order chi connectivity index (χ1) is 11.6. The molecule has 0 aliphatic rings. The molecule has 1 aromatic carbocycles. The van der Waals surface area contributed by atoms with Gasteiger partial charge < -0.3 is 0 Å². The summed E-state index contributed by atoms with van der Waals surface area (Å²) in [4.78, 5) is -2.18. The van der Waals surface area contributed by atoms with E-state index >= 15 is 0 Å². The van der Waals surface area contributed by atoms with E-state index in [1.54, 1.807) is 0 Å². The van der Waals surface area contributed by atoms with Crippen LogP contribution in [0.2, 0.25) is 0 Å². The SMILES string of the molecule is O=S(=O)(c1cc(Br)cc(C(F)(C(F)(F)F)C(F)(F)C(F)(F)F)c1)C(F)(F)F. The van der Waals surface area contributed by atoms with Crippen molar-refractivity contribution in [1.82, 2.24) is 0 Å². The highest BCUT2D eigenvalue weighted by Crippen LogP contribution is 2.58. The maximum absolute atomic E-state index is 14.3. The molecule has 0 spiro atoms. The molecule has 2 nitrogen and oxygen atoms in total. The summed E-state index contributed by atoms with van der Waals surface area (Å²) in [6.45, 7) is 0. The molecule has 1 unspecified atom stereocenters. The molecule has 0 aliphatic heterocycles. The third kappa shape index (κ3) is 3.73. The average molecular weight is 507 g/mol. The van der Waals surface area contributed by atoms with Crippen LogP contribution in [0, 0.1) is 0 Å². The quantitative estimate of drug-likeness (QED) is 0.495. The number of sulfone groups is 1. The van der Waals surface area contributed by atoms with E-state index in [9.17, 15) is 61.1 Å². The molecule has 0 amide bonds. The maximum atomic E-state index is 14.3. The standard InChI is InChI=1S/C11H3BrF12O2S/c12-5-1-4(2-6(3-5)27(25,26)11(22,23)24)7(13,9(16,17)18)8(14,15)10(19,20)21/h1-3H. The fourth-order valence-electron chi connectivity index (χ4n) is 1.77. The minimum Gasteiger partial charge on any atom is -0.221 e. The Bertz CT molecular complexity index is 823. The van der Waals surface area contributed by atoms with E-state index in [2.05, 4.69) is 15.9 Å². The van der Waals surface area contributed by atoms with Crippen molar-refractivity contribution in [1.29, 1.82) is 0 Å². The summed E-state index contributed by atoms with van der Waals surface area (Å²) in [5.41, 5.74) is -15.4. The number of rotatable bonds is 3. The number of halogens is 13. The molecule has 1 atom stereocenters. The van der Waals surface area contributed by atoms with Gasteiger partial charge >= 0.3 is 29.5 Å². The van der Waals surface area contributed by atoms with Crippen molar-refractivity contribution in [3.63, 3.8) is 0 Å². The molecule has 0 bridgehead atoms. The van der Waals surface area contributed by atoms with Gasteiger partial charge in [-0.25, -0.2) is 12.8 Å². The molecule has 0 radical (unpaired) electrons. The summed E-state index contributed by atoms with van der Waals surface area (Å²) in [7, 11) is -6.50. The second-order valence-electron chi connectivity index (χ2n) is 4.85. The molecular weight excluding hydrogens is 504 g/mol. The Labute approximate surface area is 150 Å². The molecule has 0 saturated carbocycles. The summed E-state index contributed by atoms with van der Waals surface area (Å²) in [6.07, 6.45) is -14.1. The van der Waals surface area contributed by atoms with Gasteiger partial charge in [-0.15, -0.1) is 0 Å². The molecule has 0 N–H and O–H groups in total. The molecule has 0 saturated heterocycles. The molecule has 0 aromatic heterocycles. The summed E-state index contributed by atoms with van der Waals surface area (Å²) >= 11 is 2.16. The van der Waals surface area contributed by atoms with Crippen molar-refractivity contribution in [2.75, 3.05) is 0 Å². The normalized spacial score (nSPS) is 16.9. The molecule has 27 heavy (non-hydrogen) atoms. The van der Waals surface area contributed by atoms with Gasteiger partial charge in [-0.3, -0.25) is 0 Å². The van der Waals surface area contributed by atoms with E-state index in [1.807, 2.05) is 0 Å². The Morgan fingerprint density at radius 1 is 0.704 bits per heavy atom. The molecule has 156 valence electrons. The van der Waals surface area contributed by atoms with Crippen molar-refractivity contribution >= 4 is 25.8 Å². The summed E-state index contributed by atoms with van der Waals surface area (Å²) in [5.74, 6) is -7.17. The van der Waals surface area contributed by atoms with Gasteiger partial charge in [0.05, 0.1) is 4.90 Å². The van der Waals surface area contributed by atoms with E-state index in [0.717, 1.165) is 0 Å². The van der Waals surface area contributed by atoms with Crippen LogP contribution in [0.4, 0.5) is 52.7 Å². The number of hydrogen-bond donors (Lipinski definition) is 0. The Morgan fingerprint density at radius 3 is 1.48 bits per heavy atom. The monoisotopic (exact) mass is 506 g/mol. The predicted octanol–water partition coefficient (Wildman–Crippen LogP) is 5.67. The average Bonchev–Trinajstić information content (AvgIpc) is 2.41. The Kier molecular flexibility index (Phi) is 5.67. The van der Waals surface area contributed by atoms with Crippen molar-refractivity contribution in [2.24, 2.45) is 0 Å². The van der Waals surface area contributed by atoms with Crippen molar-refractivity contribution < 1.29 is 61.1 Å². The van der Waals surface area contributed by atoms with Crippen molar-refractivity contribution in [3.05, 3.63) is 28.2 Å². The predicted molar refractivity (Wildman–Crippen MR) is 67.2 cm³/mol. The van der Waals surface area contributed by atoms with Gasteiger partial charge in [-0.1, -0.05) is 15.9 Å². The van der Waals surface area contributed by atoms with Crippen LogP contribution in [0.3, 0.4) is 0 Å². The topological polar surface area (TPSA) is 34.1 Å². The van der Waals surface area contributed by atoms with Gasteiger partial charge in [-0.2, -0.15) is 48.3 Å². The van der Waals surface area contributed by atoms with Gasteiger partial charge in [0.2, 0.25) is 0 Å². The lowest BCUT2D eigenvalue weighted by Gasteiger charge is -2.36. The molecule has 1 aromatic rings. The maximum Gasteiger partial charge on any atom is 0.501 e. The number of hydrogen-bond acceptors (Lipinski definition) is 2. The third-order valence-corrected chi connectivity index (χ3v) is 4.99. The minimum atomic E-state index is -7.17. The molecular formula is C11H3BrF12O2S. The van der Waals surface area contributed by atoms with Crippen molar-refractivity contribution in [3.8, 4) is 0 Å². The Balaban J connectivity index is 3.95.